The molecule has 5 heterocycles. The monoisotopic (exact) mass is 440 g/mol. The Morgan fingerprint density at radius 2 is 1.03 bits per heavy atom. The first kappa shape index (κ1) is 20.1. The van der Waals surface area contributed by atoms with Crippen LogP contribution in [0.1, 0.15) is 12.0 Å². The van der Waals surface area contributed by atoms with Crippen LogP contribution in [0.3, 0.4) is 0 Å². The fourth-order valence-electron chi connectivity index (χ4n) is 4.40. The topological polar surface area (TPSA) is 76.8 Å². The fraction of sp³-hybridized carbons (Fsp3) is 0.0714. The Morgan fingerprint density at radius 3 is 1.53 bits per heavy atom. The summed E-state index contributed by atoms with van der Waals surface area (Å²) in [7, 11) is 0. The molecular formula is C28H20N6. The molecule has 0 fully saturated rings. The lowest BCUT2D eigenvalue weighted by molar-refractivity contribution is 0.994. The summed E-state index contributed by atoms with van der Waals surface area (Å²) in [5.41, 5.74) is 8.50. The highest BCUT2D eigenvalue weighted by Gasteiger charge is 2.28. The zero-order valence-electron chi connectivity index (χ0n) is 18.3. The molecule has 0 aliphatic carbocycles. The van der Waals surface area contributed by atoms with Gasteiger partial charge in [-0.2, -0.15) is 0 Å². The van der Waals surface area contributed by atoms with Crippen molar-refractivity contribution in [1.82, 2.24) is 24.9 Å². The highest BCUT2D eigenvalue weighted by atomic mass is 14.8. The summed E-state index contributed by atoms with van der Waals surface area (Å²) in [5.74, 6) is 0. The molecule has 0 N–H and O–H groups in total. The van der Waals surface area contributed by atoms with E-state index in [-0.39, 0.29) is 0 Å². The van der Waals surface area contributed by atoms with Gasteiger partial charge in [0.2, 0.25) is 0 Å². The van der Waals surface area contributed by atoms with E-state index in [1.54, 1.807) is 31.0 Å². The second-order valence-electron chi connectivity index (χ2n) is 7.86. The van der Waals surface area contributed by atoms with E-state index in [0.717, 1.165) is 69.0 Å². The van der Waals surface area contributed by atoms with E-state index in [1.165, 1.54) is 0 Å². The summed E-state index contributed by atoms with van der Waals surface area (Å²) < 4.78 is 0. The smallest absolute Gasteiger partial charge is 0.0995 e. The zero-order valence-corrected chi connectivity index (χ0v) is 18.3. The van der Waals surface area contributed by atoms with E-state index in [9.17, 15) is 0 Å². The maximum Gasteiger partial charge on any atom is 0.0995 e. The van der Waals surface area contributed by atoms with Gasteiger partial charge in [-0.3, -0.25) is 29.9 Å². The van der Waals surface area contributed by atoms with Crippen molar-refractivity contribution in [2.75, 3.05) is 6.54 Å². The zero-order chi connectivity index (χ0) is 22.7. The summed E-state index contributed by atoms with van der Waals surface area (Å²) in [6.45, 7) is 0.732. The minimum atomic E-state index is 0.732. The van der Waals surface area contributed by atoms with Gasteiger partial charge in [-0.25, -0.2) is 0 Å². The quantitative estimate of drug-likeness (QED) is 0.365. The first-order chi connectivity index (χ1) is 16.9. The number of aliphatic imine (C=N–C) groups is 1. The molecule has 34 heavy (non-hydrogen) atoms. The minimum Gasteiger partial charge on any atom is -0.284 e. The Kier molecular flexibility index (Phi) is 5.16. The Balaban J connectivity index is 1.87. The standard InChI is InChI=1S/C28H20N6/c1-5-13-29-19(9-1)23-24(20-10-2-6-14-30-20)26(22-12-4-8-16-32-22)28-27(33-17-18-34-28)25(23)21-11-3-7-15-31-21/h1-7,9-15,17-18H,8,16H2. The average molecular weight is 441 g/mol. The van der Waals surface area contributed by atoms with E-state index in [2.05, 4.69) is 12.2 Å². The summed E-state index contributed by atoms with van der Waals surface area (Å²) in [4.78, 5) is 28.7. The Labute approximate surface area is 196 Å². The van der Waals surface area contributed by atoms with Crippen LogP contribution in [-0.2, 0) is 0 Å². The summed E-state index contributed by atoms with van der Waals surface area (Å²) in [6, 6.07) is 17.7. The van der Waals surface area contributed by atoms with Crippen LogP contribution in [0.4, 0.5) is 0 Å². The maximum atomic E-state index is 4.87. The normalized spacial score (nSPS) is 13.1. The fourth-order valence-corrected chi connectivity index (χ4v) is 4.40. The Morgan fingerprint density at radius 1 is 0.500 bits per heavy atom. The number of pyridine rings is 3. The number of allylic oxidation sites excluding steroid dienone is 1. The van der Waals surface area contributed by atoms with Gasteiger partial charge in [0.05, 0.1) is 33.8 Å². The summed E-state index contributed by atoms with van der Waals surface area (Å²) in [6.07, 6.45) is 14.0. The molecule has 4 aromatic heterocycles. The van der Waals surface area contributed by atoms with Crippen molar-refractivity contribution in [3.05, 3.63) is 103 Å². The molecule has 0 atom stereocenters. The molecule has 5 aromatic rings. The van der Waals surface area contributed by atoms with Gasteiger partial charge in [0.25, 0.3) is 0 Å². The van der Waals surface area contributed by atoms with Gasteiger partial charge < -0.3 is 0 Å². The molecule has 1 aliphatic rings. The molecule has 162 valence electrons. The van der Waals surface area contributed by atoms with Crippen molar-refractivity contribution in [3.8, 4) is 33.8 Å². The number of hydrogen-bond donors (Lipinski definition) is 0. The number of benzene rings is 1. The average Bonchev–Trinajstić information content (AvgIpc) is 2.93. The van der Waals surface area contributed by atoms with Crippen LogP contribution in [-0.4, -0.2) is 37.2 Å². The van der Waals surface area contributed by atoms with Crippen molar-refractivity contribution in [2.45, 2.75) is 6.42 Å². The largest absolute Gasteiger partial charge is 0.284 e. The number of nitrogens with zero attached hydrogens (tertiary/aromatic N) is 6. The van der Waals surface area contributed by atoms with Gasteiger partial charge >= 0.3 is 0 Å². The van der Waals surface area contributed by atoms with Crippen molar-refractivity contribution in [1.29, 1.82) is 0 Å². The SMILES string of the molecule is C1=CC(c2c(-c3ccccn3)c(-c3ccccn3)c(-c3ccccn3)c3nccnc23)=NCC1. The third kappa shape index (κ3) is 3.46. The summed E-state index contributed by atoms with van der Waals surface area (Å²) in [5, 5.41) is 0. The van der Waals surface area contributed by atoms with Gasteiger partial charge in [-0.05, 0) is 48.9 Å². The molecule has 0 bridgehead atoms. The van der Waals surface area contributed by atoms with Crippen molar-refractivity contribution < 1.29 is 0 Å². The minimum absolute atomic E-state index is 0.732. The molecule has 0 spiro atoms. The molecule has 6 heteroatoms. The summed E-state index contributed by atoms with van der Waals surface area (Å²) >= 11 is 0. The van der Waals surface area contributed by atoms with Crippen LogP contribution in [0.5, 0.6) is 0 Å². The van der Waals surface area contributed by atoms with Crippen molar-refractivity contribution >= 4 is 16.7 Å². The molecular weight excluding hydrogens is 420 g/mol. The first-order valence-corrected chi connectivity index (χ1v) is 11.2. The molecule has 1 aliphatic heterocycles. The predicted octanol–water partition coefficient (Wildman–Crippen LogP) is 5.56. The lowest BCUT2D eigenvalue weighted by Crippen LogP contribution is -2.10. The molecule has 0 unspecified atom stereocenters. The van der Waals surface area contributed by atoms with Gasteiger partial charge in [0.15, 0.2) is 0 Å². The third-order valence-corrected chi connectivity index (χ3v) is 5.79. The molecule has 0 saturated carbocycles. The highest BCUT2D eigenvalue weighted by molar-refractivity contribution is 6.24. The highest BCUT2D eigenvalue weighted by Crippen LogP contribution is 2.45. The van der Waals surface area contributed by atoms with Crippen LogP contribution in [0.15, 0.2) is 103 Å². The predicted molar refractivity (Wildman–Crippen MR) is 134 cm³/mol. The van der Waals surface area contributed by atoms with E-state index in [4.69, 9.17) is 29.9 Å². The second kappa shape index (κ2) is 8.75. The molecule has 0 saturated heterocycles. The van der Waals surface area contributed by atoms with E-state index >= 15 is 0 Å². The Bertz CT molecular complexity index is 1530. The van der Waals surface area contributed by atoms with E-state index in [0.29, 0.717) is 0 Å². The van der Waals surface area contributed by atoms with Gasteiger partial charge in [0, 0.05) is 59.8 Å². The van der Waals surface area contributed by atoms with Crippen molar-refractivity contribution in [2.24, 2.45) is 4.99 Å². The molecule has 0 amide bonds. The number of fused-ring (bicyclic) bond motifs is 1. The van der Waals surface area contributed by atoms with Gasteiger partial charge in [0.1, 0.15) is 0 Å². The van der Waals surface area contributed by atoms with E-state index < -0.39 is 0 Å². The lowest BCUT2D eigenvalue weighted by Gasteiger charge is -2.21. The third-order valence-electron chi connectivity index (χ3n) is 5.79. The molecule has 6 rings (SSSR count). The van der Waals surface area contributed by atoms with Crippen molar-refractivity contribution in [3.63, 3.8) is 0 Å². The van der Waals surface area contributed by atoms with Crippen LogP contribution in [0.2, 0.25) is 0 Å². The number of rotatable bonds is 4. The number of dihydropyridines is 1. The molecule has 6 nitrogen and oxygen atoms in total. The van der Waals surface area contributed by atoms with Gasteiger partial charge in [-0.15, -0.1) is 0 Å². The molecule has 0 radical (unpaired) electrons. The lowest BCUT2D eigenvalue weighted by atomic mass is 9.85. The van der Waals surface area contributed by atoms with Crippen LogP contribution in [0.25, 0.3) is 44.8 Å². The van der Waals surface area contributed by atoms with E-state index in [1.807, 2.05) is 54.6 Å². The second-order valence-corrected chi connectivity index (χ2v) is 7.86. The number of hydrogen-bond acceptors (Lipinski definition) is 6. The Hall–Kier alpha value is -4.58. The van der Waals surface area contributed by atoms with Crippen LogP contribution < -0.4 is 0 Å². The maximum absolute atomic E-state index is 4.87. The first-order valence-electron chi connectivity index (χ1n) is 11.2. The molecule has 1 aromatic carbocycles. The van der Waals surface area contributed by atoms with Crippen LogP contribution in [0, 0.1) is 0 Å². The van der Waals surface area contributed by atoms with Gasteiger partial charge in [-0.1, -0.05) is 24.3 Å². The van der Waals surface area contributed by atoms with Crippen LogP contribution >= 0.6 is 0 Å². The number of aromatic nitrogens is 5.